The molecule has 0 saturated carbocycles. The Morgan fingerprint density at radius 1 is 0.577 bits per heavy atom. The van der Waals surface area contributed by atoms with Crippen molar-refractivity contribution >= 4 is 23.6 Å². The van der Waals surface area contributed by atoms with Gasteiger partial charge in [0.2, 0.25) is 0 Å². The van der Waals surface area contributed by atoms with Crippen LogP contribution in [-0.4, -0.2) is 73.5 Å². The molecule has 0 spiro atoms. The molecular formula is C10H26N8O8. The molecule has 0 heterocycles. The first kappa shape index (κ1) is 28.4. The second kappa shape index (κ2) is 22.6. The number of rotatable bonds is 7. The van der Waals surface area contributed by atoms with Gasteiger partial charge in [0.15, 0.2) is 0 Å². The number of hydrogen-bond donors (Lipinski definition) is 10. The Kier molecular flexibility index (Phi) is 24.6. The summed E-state index contributed by atoms with van der Waals surface area (Å²) in [6.07, 6.45) is 0. The van der Waals surface area contributed by atoms with Gasteiger partial charge in [-0.1, -0.05) is 0 Å². The third-order valence-corrected chi connectivity index (χ3v) is 1.78. The first-order valence-corrected chi connectivity index (χ1v) is 6.76. The van der Waals surface area contributed by atoms with Gasteiger partial charge in [0.1, 0.15) is 0 Å². The van der Waals surface area contributed by atoms with Crippen LogP contribution in [0, 0.1) is 0 Å². The van der Waals surface area contributed by atoms with Gasteiger partial charge < -0.3 is 19.7 Å². The topological polar surface area (TPSA) is 279 Å². The zero-order valence-electron chi connectivity index (χ0n) is 13.9. The predicted molar refractivity (Wildman–Crippen MR) is 85.1 cm³/mol. The van der Waals surface area contributed by atoms with E-state index in [-0.39, 0.29) is 13.2 Å². The van der Waals surface area contributed by atoms with Crippen molar-refractivity contribution in [2.75, 3.05) is 39.6 Å². The second-order valence-electron chi connectivity index (χ2n) is 3.57. The molecule has 0 aliphatic rings. The van der Waals surface area contributed by atoms with Gasteiger partial charge in [-0.05, 0) is 0 Å². The van der Waals surface area contributed by atoms with Crippen molar-refractivity contribution in [1.82, 2.24) is 21.7 Å². The lowest BCUT2D eigenvalue weighted by Gasteiger charge is -2.01. The molecule has 0 bridgehead atoms. The minimum Gasteiger partial charge on any atom is -0.394 e. The van der Waals surface area contributed by atoms with Crippen LogP contribution in [0.3, 0.4) is 0 Å². The largest absolute Gasteiger partial charge is 0.394 e. The minimum absolute atomic E-state index is 0.0417. The van der Waals surface area contributed by atoms with Crippen LogP contribution in [0.1, 0.15) is 0 Å². The van der Waals surface area contributed by atoms with Crippen LogP contribution in [0.5, 0.6) is 0 Å². The van der Waals surface area contributed by atoms with E-state index in [0.717, 1.165) is 0 Å². The summed E-state index contributed by atoms with van der Waals surface area (Å²) in [4.78, 5) is 40.1. The van der Waals surface area contributed by atoms with E-state index in [1.165, 1.54) is 0 Å². The molecule has 0 atom stereocenters. The number of carbonyl (C=O) groups excluding carboxylic acids is 4. The summed E-state index contributed by atoms with van der Waals surface area (Å²) in [5, 5.41) is 16.5. The standard InChI is InChI=1S/C6H14O4.2C2H6N4O2/c7-1-3-9-5-6-10-4-2-8;2*3-5-1(7)2(8)6-4/h7-8H,1-6H2;2*3-4H2,(H,5,7)(H,6,8). The van der Waals surface area contributed by atoms with E-state index < -0.39 is 23.6 Å². The van der Waals surface area contributed by atoms with E-state index in [4.69, 9.17) is 19.7 Å². The maximum atomic E-state index is 10.0. The quantitative estimate of drug-likeness (QED) is 0.0642. The summed E-state index contributed by atoms with van der Waals surface area (Å²) in [6.45, 7) is 1.73. The molecule has 0 saturated heterocycles. The average Bonchev–Trinajstić information content (AvgIpc) is 2.68. The lowest BCUT2D eigenvalue weighted by Crippen LogP contribution is -2.45. The van der Waals surface area contributed by atoms with E-state index in [1.807, 2.05) is 0 Å². The number of nitrogens with two attached hydrogens (primary N) is 4. The molecule has 4 amide bonds. The number of amides is 4. The molecule has 0 rings (SSSR count). The van der Waals surface area contributed by atoms with Crippen LogP contribution >= 0.6 is 0 Å². The molecule has 154 valence electrons. The highest BCUT2D eigenvalue weighted by Gasteiger charge is 2.07. The van der Waals surface area contributed by atoms with Gasteiger partial charge in [0.05, 0.1) is 39.6 Å². The fourth-order valence-corrected chi connectivity index (χ4v) is 0.713. The van der Waals surface area contributed by atoms with Gasteiger partial charge >= 0.3 is 23.6 Å². The number of ether oxygens (including phenoxy) is 2. The molecule has 16 nitrogen and oxygen atoms in total. The van der Waals surface area contributed by atoms with Gasteiger partial charge in [-0.2, -0.15) is 0 Å². The number of hydrogen-bond acceptors (Lipinski definition) is 12. The molecule has 14 N–H and O–H groups in total. The highest BCUT2D eigenvalue weighted by atomic mass is 16.5. The smallest absolute Gasteiger partial charge is 0.324 e. The molecule has 0 aromatic heterocycles. The van der Waals surface area contributed by atoms with E-state index in [1.54, 1.807) is 21.7 Å². The van der Waals surface area contributed by atoms with Crippen molar-refractivity contribution in [3.63, 3.8) is 0 Å². The average molecular weight is 386 g/mol. The minimum atomic E-state index is -0.965. The Bertz CT molecular complexity index is 333. The first-order chi connectivity index (χ1) is 12.4. The fourth-order valence-electron chi connectivity index (χ4n) is 0.713. The Hall–Kier alpha value is -2.44. The van der Waals surface area contributed by atoms with Gasteiger partial charge in [0.25, 0.3) is 0 Å². The Labute approximate surface area is 148 Å². The van der Waals surface area contributed by atoms with Gasteiger partial charge in [-0.15, -0.1) is 0 Å². The van der Waals surface area contributed by atoms with Crippen LogP contribution < -0.4 is 45.1 Å². The van der Waals surface area contributed by atoms with Crippen molar-refractivity contribution in [3.05, 3.63) is 0 Å². The van der Waals surface area contributed by atoms with Crippen LogP contribution in [0.4, 0.5) is 0 Å². The van der Waals surface area contributed by atoms with Gasteiger partial charge in [0, 0.05) is 0 Å². The maximum absolute atomic E-state index is 10.0. The number of aliphatic hydroxyl groups is 2. The molecule has 16 heteroatoms. The maximum Gasteiger partial charge on any atom is 0.324 e. The third kappa shape index (κ3) is 21.6. The predicted octanol–water partition coefficient (Wildman–Crippen LogP) is -7.06. The number of nitrogens with one attached hydrogen (secondary N) is 4. The monoisotopic (exact) mass is 386 g/mol. The molecule has 0 aromatic carbocycles. The van der Waals surface area contributed by atoms with Crippen LogP contribution in [-0.2, 0) is 28.7 Å². The zero-order chi connectivity index (χ0) is 20.8. The highest BCUT2D eigenvalue weighted by Crippen LogP contribution is 1.76. The van der Waals surface area contributed by atoms with Crippen molar-refractivity contribution < 1.29 is 38.9 Å². The molecule has 0 aliphatic heterocycles. The summed E-state index contributed by atoms with van der Waals surface area (Å²) in [5.74, 6) is 14.3. The number of hydrazine groups is 4. The summed E-state index contributed by atoms with van der Waals surface area (Å²) in [5.41, 5.74) is 6.34. The molecule has 0 aliphatic carbocycles. The molecular weight excluding hydrogens is 360 g/mol. The lowest BCUT2D eigenvalue weighted by atomic mass is 10.6. The summed E-state index contributed by atoms with van der Waals surface area (Å²) in [6, 6.07) is 0. The Morgan fingerprint density at radius 3 is 0.962 bits per heavy atom. The summed E-state index contributed by atoms with van der Waals surface area (Å²) in [7, 11) is 0. The Morgan fingerprint density at radius 2 is 0.808 bits per heavy atom. The van der Waals surface area contributed by atoms with Crippen molar-refractivity contribution in [1.29, 1.82) is 0 Å². The molecule has 0 fully saturated rings. The van der Waals surface area contributed by atoms with Crippen molar-refractivity contribution in [3.8, 4) is 0 Å². The molecule has 26 heavy (non-hydrogen) atoms. The normalized spacial score (nSPS) is 8.69. The van der Waals surface area contributed by atoms with E-state index in [9.17, 15) is 19.2 Å². The van der Waals surface area contributed by atoms with E-state index in [2.05, 4.69) is 23.4 Å². The lowest BCUT2D eigenvalue weighted by molar-refractivity contribution is -0.139. The molecule has 0 aromatic rings. The molecule has 0 unspecified atom stereocenters. The third-order valence-electron chi connectivity index (χ3n) is 1.78. The first-order valence-electron chi connectivity index (χ1n) is 6.76. The summed E-state index contributed by atoms with van der Waals surface area (Å²) < 4.78 is 9.75. The SMILES string of the molecule is NNC(=O)C(=O)NN.NNC(=O)C(=O)NN.OCCOCCOCCO. The molecule has 0 radical (unpaired) electrons. The van der Waals surface area contributed by atoms with Crippen LogP contribution in [0.2, 0.25) is 0 Å². The van der Waals surface area contributed by atoms with Crippen molar-refractivity contribution in [2.24, 2.45) is 23.4 Å². The van der Waals surface area contributed by atoms with Crippen LogP contribution in [0.15, 0.2) is 0 Å². The van der Waals surface area contributed by atoms with E-state index in [0.29, 0.717) is 26.4 Å². The second-order valence-corrected chi connectivity index (χ2v) is 3.57. The summed E-state index contributed by atoms with van der Waals surface area (Å²) >= 11 is 0. The van der Waals surface area contributed by atoms with Crippen LogP contribution in [0.25, 0.3) is 0 Å². The fraction of sp³-hybridized carbons (Fsp3) is 0.600. The van der Waals surface area contributed by atoms with Gasteiger partial charge in [-0.25, -0.2) is 23.4 Å². The zero-order valence-corrected chi connectivity index (χ0v) is 13.9. The van der Waals surface area contributed by atoms with Crippen molar-refractivity contribution in [2.45, 2.75) is 0 Å². The number of aliphatic hydroxyl groups excluding tert-OH is 2. The highest BCUT2D eigenvalue weighted by molar-refractivity contribution is 6.35. The Balaban J connectivity index is -0.000000308. The van der Waals surface area contributed by atoms with Gasteiger partial charge in [-0.3, -0.25) is 40.9 Å². The number of carbonyl (C=O) groups is 4. The van der Waals surface area contributed by atoms with E-state index >= 15 is 0 Å².